The van der Waals surface area contributed by atoms with E-state index in [9.17, 15) is 10.1 Å². The Morgan fingerprint density at radius 2 is 1.56 bits per heavy atom. The number of hydrogen-bond acceptors (Lipinski definition) is 3. The van der Waals surface area contributed by atoms with Crippen molar-refractivity contribution in [1.82, 2.24) is 9.38 Å². The highest BCUT2D eigenvalue weighted by molar-refractivity contribution is 5.95. The van der Waals surface area contributed by atoms with Crippen molar-refractivity contribution in [2.75, 3.05) is 0 Å². The fraction of sp³-hybridized carbons (Fsp3) is 0.0357. The standard InChI is InChI=1S/C28H19N3O/c1-19(32)21-10-12-22(13-11-21)26-15-25(24-9-5-6-20(14-24)16-29)17-31-18-27(30-28(26)31)23-7-3-2-4-8-23/h2-15,17-18H,1H3. The minimum Gasteiger partial charge on any atom is -0.305 e. The molecule has 0 aliphatic carbocycles. The highest BCUT2D eigenvalue weighted by Gasteiger charge is 2.13. The average Bonchev–Trinajstić information content (AvgIpc) is 3.28. The van der Waals surface area contributed by atoms with Gasteiger partial charge in [0.15, 0.2) is 5.78 Å². The van der Waals surface area contributed by atoms with Gasteiger partial charge in [-0.3, -0.25) is 4.79 Å². The molecule has 4 heteroatoms. The summed E-state index contributed by atoms with van der Waals surface area (Å²) >= 11 is 0. The maximum atomic E-state index is 11.7. The number of carbonyl (C=O) groups is 1. The van der Waals surface area contributed by atoms with Gasteiger partial charge in [0.2, 0.25) is 0 Å². The first kappa shape index (κ1) is 19.5. The number of carbonyl (C=O) groups excluding carboxylic acids is 1. The van der Waals surface area contributed by atoms with Gasteiger partial charge in [-0.05, 0) is 41.8 Å². The normalized spacial score (nSPS) is 10.8. The third-order valence-electron chi connectivity index (χ3n) is 5.55. The van der Waals surface area contributed by atoms with Crippen LogP contribution in [0.25, 0.3) is 39.2 Å². The minimum atomic E-state index is 0.0379. The molecule has 32 heavy (non-hydrogen) atoms. The first-order valence-electron chi connectivity index (χ1n) is 10.3. The number of aromatic nitrogens is 2. The van der Waals surface area contributed by atoms with E-state index in [-0.39, 0.29) is 5.78 Å². The molecule has 2 aromatic heterocycles. The van der Waals surface area contributed by atoms with Crippen molar-refractivity contribution in [2.45, 2.75) is 6.92 Å². The van der Waals surface area contributed by atoms with E-state index in [1.165, 1.54) is 0 Å². The van der Waals surface area contributed by atoms with E-state index in [0.29, 0.717) is 11.1 Å². The number of Topliss-reactive ketones (excluding diaryl/α,β-unsaturated/α-hetero) is 1. The van der Waals surface area contributed by atoms with Gasteiger partial charge >= 0.3 is 0 Å². The summed E-state index contributed by atoms with van der Waals surface area (Å²) in [4.78, 5) is 16.7. The molecule has 4 nitrogen and oxygen atoms in total. The van der Waals surface area contributed by atoms with Crippen LogP contribution in [0.4, 0.5) is 0 Å². The van der Waals surface area contributed by atoms with Crippen LogP contribution >= 0.6 is 0 Å². The fourth-order valence-electron chi connectivity index (χ4n) is 3.87. The van der Waals surface area contributed by atoms with E-state index in [2.05, 4.69) is 12.1 Å². The predicted molar refractivity (Wildman–Crippen MR) is 126 cm³/mol. The zero-order valence-electron chi connectivity index (χ0n) is 17.5. The van der Waals surface area contributed by atoms with E-state index in [0.717, 1.165) is 39.2 Å². The molecule has 0 fully saturated rings. The van der Waals surface area contributed by atoms with Crippen LogP contribution < -0.4 is 0 Å². The molecule has 0 aliphatic heterocycles. The number of rotatable bonds is 4. The number of pyridine rings is 1. The van der Waals surface area contributed by atoms with Gasteiger partial charge in [0.25, 0.3) is 0 Å². The number of nitrogens with zero attached hydrogens (tertiary/aromatic N) is 3. The summed E-state index contributed by atoms with van der Waals surface area (Å²) in [5.41, 5.74) is 7.93. The molecule has 5 rings (SSSR count). The lowest BCUT2D eigenvalue weighted by atomic mass is 9.99. The van der Waals surface area contributed by atoms with Crippen LogP contribution in [0.1, 0.15) is 22.8 Å². The molecule has 0 unspecified atom stereocenters. The molecule has 0 spiro atoms. The summed E-state index contributed by atoms with van der Waals surface area (Å²) in [6, 6.07) is 29.6. The molecule has 5 aromatic rings. The Morgan fingerprint density at radius 3 is 2.28 bits per heavy atom. The Labute approximate surface area is 186 Å². The van der Waals surface area contributed by atoms with Crippen LogP contribution in [0.3, 0.4) is 0 Å². The first-order chi connectivity index (χ1) is 15.6. The summed E-state index contributed by atoms with van der Waals surface area (Å²) in [6.45, 7) is 1.57. The van der Waals surface area contributed by atoms with Gasteiger partial charge in [0.1, 0.15) is 5.65 Å². The Hall–Kier alpha value is -4.49. The van der Waals surface area contributed by atoms with Crippen molar-refractivity contribution in [3.8, 4) is 39.6 Å². The Kier molecular flexibility index (Phi) is 4.85. The summed E-state index contributed by atoms with van der Waals surface area (Å²) in [5.74, 6) is 0.0379. The van der Waals surface area contributed by atoms with E-state index >= 15 is 0 Å². The third-order valence-corrected chi connectivity index (χ3v) is 5.55. The number of fused-ring (bicyclic) bond motifs is 1. The lowest BCUT2D eigenvalue weighted by molar-refractivity contribution is 0.101. The van der Waals surface area contributed by atoms with Crippen LogP contribution in [0, 0.1) is 11.3 Å². The van der Waals surface area contributed by atoms with Gasteiger partial charge in [-0.15, -0.1) is 0 Å². The van der Waals surface area contributed by atoms with E-state index in [1.54, 1.807) is 13.0 Å². The fourth-order valence-corrected chi connectivity index (χ4v) is 3.87. The summed E-state index contributed by atoms with van der Waals surface area (Å²) in [5, 5.41) is 9.32. The Balaban J connectivity index is 1.74. The summed E-state index contributed by atoms with van der Waals surface area (Å²) in [6.07, 6.45) is 4.06. The van der Waals surface area contributed by atoms with Crippen LogP contribution in [0.5, 0.6) is 0 Å². The third kappa shape index (κ3) is 3.57. The lowest BCUT2D eigenvalue weighted by Crippen LogP contribution is -1.94. The highest BCUT2D eigenvalue weighted by atomic mass is 16.1. The maximum Gasteiger partial charge on any atom is 0.159 e. The zero-order valence-corrected chi connectivity index (χ0v) is 17.5. The predicted octanol–water partition coefficient (Wildman–Crippen LogP) is 6.41. The van der Waals surface area contributed by atoms with Crippen molar-refractivity contribution in [3.63, 3.8) is 0 Å². The molecule has 152 valence electrons. The number of nitriles is 1. The smallest absolute Gasteiger partial charge is 0.159 e. The molecule has 2 heterocycles. The van der Waals surface area contributed by atoms with E-state index in [4.69, 9.17) is 4.98 Å². The number of imidazole rings is 1. The topological polar surface area (TPSA) is 58.2 Å². The summed E-state index contributed by atoms with van der Waals surface area (Å²) in [7, 11) is 0. The lowest BCUT2D eigenvalue weighted by Gasteiger charge is -2.10. The second kappa shape index (κ2) is 7.98. The monoisotopic (exact) mass is 413 g/mol. The molecule has 0 atom stereocenters. The number of hydrogen-bond donors (Lipinski definition) is 0. The zero-order chi connectivity index (χ0) is 22.1. The van der Waals surface area contributed by atoms with Gasteiger partial charge in [0.05, 0.1) is 17.3 Å². The molecular formula is C28H19N3O. The van der Waals surface area contributed by atoms with Crippen LogP contribution in [0.2, 0.25) is 0 Å². The molecule has 0 bridgehead atoms. The second-order valence-corrected chi connectivity index (χ2v) is 7.69. The molecule has 0 saturated heterocycles. The van der Waals surface area contributed by atoms with E-state index in [1.807, 2.05) is 89.6 Å². The van der Waals surface area contributed by atoms with Gasteiger partial charge < -0.3 is 4.40 Å². The largest absolute Gasteiger partial charge is 0.305 e. The molecule has 0 radical (unpaired) electrons. The van der Waals surface area contributed by atoms with Crippen molar-refractivity contribution < 1.29 is 4.79 Å². The van der Waals surface area contributed by atoms with E-state index < -0.39 is 0 Å². The van der Waals surface area contributed by atoms with Crippen molar-refractivity contribution >= 4 is 11.4 Å². The van der Waals surface area contributed by atoms with Gasteiger partial charge in [-0.1, -0.05) is 66.7 Å². The maximum absolute atomic E-state index is 11.7. The molecule has 0 amide bonds. The Morgan fingerprint density at radius 1 is 0.812 bits per heavy atom. The molecule has 0 saturated carbocycles. The average molecular weight is 413 g/mol. The number of benzene rings is 3. The van der Waals surface area contributed by atoms with Gasteiger partial charge in [0, 0.05) is 29.1 Å². The SMILES string of the molecule is CC(=O)c1ccc(-c2cc(-c3cccc(C#N)c3)cn3cc(-c4ccccc4)nc23)cc1. The minimum absolute atomic E-state index is 0.0379. The Bertz CT molecular complexity index is 1490. The van der Waals surface area contributed by atoms with Crippen molar-refractivity contribution in [2.24, 2.45) is 0 Å². The molecule has 3 aromatic carbocycles. The van der Waals surface area contributed by atoms with Crippen molar-refractivity contribution in [3.05, 3.63) is 108 Å². The second-order valence-electron chi connectivity index (χ2n) is 7.69. The quantitative estimate of drug-likeness (QED) is 0.320. The highest BCUT2D eigenvalue weighted by Crippen LogP contribution is 2.32. The van der Waals surface area contributed by atoms with Crippen molar-refractivity contribution in [1.29, 1.82) is 5.26 Å². The van der Waals surface area contributed by atoms with Crippen LogP contribution in [0.15, 0.2) is 97.3 Å². The van der Waals surface area contributed by atoms with Gasteiger partial charge in [-0.25, -0.2) is 4.98 Å². The van der Waals surface area contributed by atoms with Crippen LogP contribution in [-0.2, 0) is 0 Å². The first-order valence-corrected chi connectivity index (χ1v) is 10.3. The molecule has 0 aliphatic rings. The molecule has 0 N–H and O–H groups in total. The molecular weight excluding hydrogens is 394 g/mol. The van der Waals surface area contributed by atoms with Crippen LogP contribution in [-0.4, -0.2) is 15.2 Å². The number of ketones is 1. The summed E-state index contributed by atoms with van der Waals surface area (Å²) < 4.78 is 2.03. The van der Waals surface area contributed by atoms with Gasteiger partial charge in [-0.2, -0.15) is 5.26 Å².